The molecule has 1 atom stereocenters. The third kappa shape index (κ3) is 2.95. The Kier molecular flexibility index (Phi) is 3.77. The second-order valence-electron chi connectivity index (χ2n) is 6.37. The molecule has 0 saturated heterocycles. The van der Waals surface area contributed by atoms with Gasteiger partial charge in [-0.25, -0.2) is 4.79 Å². The van der Waals surface area contributed by atoms with E-state index < -0.39 is 0 Å². The first-order chi connectivity index (χ1) is 11.2. The van der Waals surface area contributed by atoms with Gasteiger partial charge in [-0.1, -0.05) is 35.6 Å². The Morgan fingerprint density at radius 1 is 1.26 bits per heavy atom. The van der Waals surface area contributed by atoms with E-state index in [1.807, 2.05) is 7.05 Å². The van der Waals surface area contributed by atoms with Crippen molar-refractivity contribution in [2.24, 2.45) is 0 Å². The van der Waals surface area contributed by atoms with Crippen LogP contribution in [0.2, 0.25) is 0 Å². The molecule has 2 amide bonds. The molecule has 0 radical (unpaired) electrons. The Labute approximate surface area is 139 Å². The summed E-state index contributed by atoms with van der Waals surface area (Å²) in [5, 5.41) is 12.8. The quantitative estimate of drug-likeness (QED) is 0.928. The molecule has 4 rings (SSSR count). The minimum absolute atomic E-state index is 0.106. The average molecular weight is 328 g/mol. The molecule has 0 aliphatic heterocycles. The van der Waals surface area contributed by atoms with Gasteiger partial charge < -0.3 is 4.90 Å². The summed E-state index contributed by atoms with van der Waals surface area (Å²) in [5.74, 6) is 0.570. The van der Waals surface area contributed by atoms with Crippen molar-refractivity contribution in [3.05, 3.63) is 40.4 Å². The molecule has 2 aliphatic rings. The molecule has 23 heavy (non-hydrogen) atoms. The van der Waals surface area contributed by atoms with Crippen LogP contribution in [0.3, 0.4) is 0 Å². The zero-order valence-corrected chi connectivity index (χ0v) is 14.0. The second-order valence-corrected chi connectivity index (χ2v) is 7.38. The number of urea groups is 1. The summed E-state index contributed by atoms with van der Waals surface area (Å²) < 4.78 is 0. The maximum atomic E-state index is 12.6. The van der Waals surface area contributed by atoms with Crippen molar-refractivity contribution in [1.82, 2.24) is 15.1 Å². The monoisotopic (exact) mass is 328 g/mol. The fraction of sp³-hybridized carbons (Fsp3) is 0.471. The zero-order valence-electron chi connectivity index (χ0n) is 13.2. The van der Waals surface area contributed by atoms with Crippen molar-refractivity contribution >= 4 is 22.5 Å². The average Bonchev–Trinajstić information content (AvgIpc) is 3.33. The number of aryl methyl sites for hydroxylation is 1. The lowest BCUT2D eigenvalue weighted by molar-refractivity contribution is 0.197. The predicted molar refractivity (Wildman–Crippen MR) is 90.8 cm³/mol. The highest BCUT2D eigenvalue weighted by Crippen LogP contribution is 2.42. The summed E-state index contributed by atoms with van der Waals surface area (Å²) in [6, 6.07) is 8.46. The number of anilines is 1. The molecule has 120 valence electrons. The third-order valence-electron chi connectivity index (χ3n) is 4.71. The minimum Gasteiger partial charge on any atom is -0.320 e. The molecule has 1 aromatic heterocycles. The molecule has 1 aromatic carbocycles. The van der Waals surface area contributed by atoms with Gasteiger partial charge >= 0.3 is 6.03 Å². The van der Waals surface area contributed by atoms with Crippen LogP contribution >= 0.6 is 11.3 Å². The summed E-state index contributed by atoms with van der Waals surface area (Å²) in [7, 11) is 1.87. The first-order valence-electron chi connectivity index (χ1n) is 8.17. The number of benzene rings is 1. The van der Waals surface area contributed by atoms with Crippen LogP contribution in [-0.4, -0.2) is 28.2 Å². The van der Waals surface area contributed by atoms with Crippen LogP contribution in [0.1, 0.15) is 53.8 Å². The van der Waals surface area contributed by atoms with Crippen molar-refractivity contribution < 1.29 is 4.79 Å². The van der Waals surface area contributed by atoms with E-state index in [4.69, 9.17) is 0 Å². The SMILES string of the molecule is CN(C(=O)Nc1nnc(C2CC2)s1)[C@H]1CCCc2ccccc21. The number of nitrogens with zero attached hydrogens (tertiary/aromatic N) is 3. The Hall–Kier alpha value is -1.95. The number of amides is 2. The molecule has 1 fully saturated rings. The molecule has 1 heterocycles. The first-order valence-corrected chi connectivity index (χ1v) is 8.99. The van der Waals surface area contributed by atoms with Crippen molar-refractivity contribution in [2.75, 3.05) is 12.4 Å². The molecule has 2 aliphatic carbocycles. The topological polar surface area (TPSA) is 58.1 Å². The number of carbonyl (C=O) groups excluding carboxylic acids is 1. The molecule has 0 unspecified atom stereocenters. The van der Waals surface area contributed by atoms with Crippen molar-refractivity contribution in [3.63, 3.8) is 0 Å². The van der Waals surface area contributed by atoms with Crippen LogP contribution in [0.4, 0.5) is 9.93 Å². The van der Waals surface area contributed by atoms with Gasteiger partial charge in [0.25, 0.3) is 0 Å². The first kappa shape index (κ1) is 14.6. The van der Waals surface area contributed by atoms with Crippen molar-refractivity contribution in [2.45, 2.75) is 44.1 Å². The van der Waals surface area contributed by atoms with Crippen LogP contribution < -0.4 is 5.32 Å². The molecule has 0 bridgehead atoms. The van der Waals surface area contributed by atoms with Gasteiger partial charge in [0.1, 0.15) is 5.01 Å². The fourth-order valence-corrected chi connectivity index (χ4v) is 4.13. The van der Waals surface area contributed by atoms with Crippen LogP contribution in [0.15, 0.2) is 24.3 Å². The number of fused-ring (bicyclic) bond motifs is 1. The summed E-state index contributed by atoms with van der Waals surface area (Å²) in [6.45, 7) is 0. The van der Waals surface area contributed by atoms with Gasteiger partial charge in [0.2, 0.25) is 5.13 Å². The van der Waals surface area contributed by atoms with Crippen LogP contribution in [0.5, 0.6) is 0 Å². The lowest BCUT2D eigenvalue weighted by atomic mass is 9.87. The highest BCUT2D eigenvalue weighted by molar-refractivity contribution is 7.15. The summed E-state index contributed by atoms with van der Waals surface area (Å²) in [6.07, 6.45) is 5.61. The fourth-order valence-electron chi connectivity index (χ4n) is 3.23. The van der Waals surface area contributed by atoms with Gasteiger partial charge in [0.05, 0.1) is 6.04 Å². The molecule has 1 saturated carbocycles. The van der Waals surface area contributed by atoms with Gasteiger partial charge in [-0.05, 0) is 43.2 Å². The normalized spacial score (nSPS) is 20.0. The Morgan fingerprint density at radius 2 is 2.09 bits per heavy atom. The maximum absolute atomic E-state index is 12.6. The van der Waals surface area contributed by atoms with Gasteiger partial charge in [-0.3, -0.25) is 5.32 Å². The lowest BCUT2D eigenvalue weighted by Crippen LogP contribution is -2.36. The number of hydrogen-bond acceptors (Lipinski definition) is 4. The minimum atomic E-state index is -0.106. The van der Waals surface area contributed by atoms with Crippen LogP contribution in [0, 0.1) is 0 Å². The third-order valence-corrected chi connectivity index (χ3v) is 5.71. The van der Waals surface area contributed by atoms with Gasteiger partial charge in [0, 0.05) is 13.0 Å². The smallest absolute Gasteiger partial charge is 0.320 e. The van der Waals surface area contributed by atoms with Gasteiger partial charge in [0.15, 0.2) is 0 Å². The van der Waals surface area contributed by atoms with E-state index in [2.05, 4.69) is 39.8 Å². The summed E-state index contributed by atoms with van der Waals surface area (Å²) in [5.41, 5.74) is 2.63. The standard InChI is InChI=1S/C17H20N4OS/c1-21(14-8-4-6-11-5-2-3-7-13(11)14)17(22)18-16-20-19-15(23-16)12-9-10-12/h2-3,5,7,12,14H,4,6,8-10H2,1H3,(H,18,20,22)/t14-/m0/s1. The molecular weight excluding hydrogens is 308 g/mol. The van der Waals surface area contributed by atoms with E-state index in [1.165, 1.54) is 35.3 Å². The van der Waals surface area contributed by atoms with E-state index in [0.29, 0.717) is 11.0 Å². The van der Waals surface area contributed by atoms with Crippen LogP contribution in [-0.2, 0) is 6.42 Å². The molecule has 1 N–H and O–H groups in total. The predicted octanol–water partition coefficient (Wildman–Crippen LogP) is 3.96. The molecule has 2 aromatic rings. The Balaban J connectivity index is 1.47. The van der Waals surface area contributed by atoms with Crippen molar-refractivity contribution in [1.29, 1.82) is 0 Å². The number of rotatable bonds is 3. The number of hydrogen-bond donors (Lipinski definition) is 1. The Morgan fingerprint density at radius 3 is 2.91 bits per heavy atom. The van der Waals surface area contributed by atoms with E-state index in [1.54, 1.807) is 4.90 Å². The number of aromatic nitrogens is 2. The molecular formula is C17H20N4OS. The highest BCUT2D eigenvalue weighted by Gasteiger charge is 2.29. The highest BCUT2D eigenvalue weighted by atomic mass is 32.1. The Bertz CT molecular complexity index is 725. The van der Waals surface area contributed by atoms with E-state index in [0.717, 1.165) is 24.3 Å². The molecule has 6 heteroatoms. The lowest BCUT2D eigenvalue weighted by Gasteiger charge is -2.33. The molecule has 5 nitrogen and oxygen atoms in total. The molecule has 0 spiro atoms. The van der Waals surface area contributed by atoms with Gasteiger partial charge in [-0.15, -0.1) is 10.2 Å². The van der Waals surface area contributed by atoms with Crippen LogP contribution in [0.25, 0.3) is 0 Å². The van der Waals surface area contributed by atoms with Gasteiger partial charge in [-0.2, -0.15) is 0 Å². The summed E-state index contributed by atoms with van der Waals surface area (Å²) in [4.78, 5) is 14.4. The van der Waals surface area contributed by atoms with E-state index in [9.17, 15) is 4.79 Å². The largest absolute Gasteiger partial charge is 0.323 e. The van der Waals surface area contributed by atoms with E-state index >= 15 is 0 Å². The number of nitrogens with one attached hydrogen (secondary N) is 1. The maximum Gasteiger partial charge on any atom is 0.323 e. The van der Waals surface area contributed by atoms with Crippen molar-refractivity contribution in [3.8, 4) is 0 Å². The summed E-state index contributed by atoms with van der Waals surface area (Å²) >= 11 is 1.50. The second kappa shape index (κ2) is 5.92. The van der Waals surface area contributed by atoms with E-state index in [-0.39, 0.29) is 12.1 Å². The zero-order chi connectivity index (χ0) is 15.8. The number of carbonyl (C=O) groups is 1.